The summed E-state index contributed by atoms with van der Waals surface area (Å²) in [7, 11) is 9.17. The number of aryl methyl sites for hydroxylation is 12. The highest BCUT2D eigenvalue weighted by atomic mass is 79.9. The fraction of sp³-hybridized carbons (Fsp3) is 0.652. The first-order valence-corrected chi connectivity index (χ1v) is 46.9. The number of likely N-dealkylation sites (tertiary alicyclic amines) is 4. The Balaban J connectivity index is 0.000000522. The number of hydrogen-bond acceptors (Lipinski definition) is 4. The van der Waals surface area contributed by atoms with Crippen molar-refractivity contribution < 1.29 is 86.2 Å². The van der Waals surface area contributed by atoms with E-state index in [1.807, 2.05) is 0 Å². The quantitative estimate of drug-likeness (QED) is 0.0216. The second-order valence-corrected chi connectivity index (χ2v) is 35.2. The molecule has 0 N–H and O–H groups in total. The number of aromatic nitrogens is 4. The summed E-state index contributed by atoms with van der Waals surface area (Å²) in [5.74, 6) is 0. The number of nitrogens with zero attached hydrogens (tertiary/aromatic N) is 8. The van der Waals surface area contributed by atoms with Crippen molar-refractivity contribution in [2.45, 2.75) is 307 Å². The lowest BCUT2D eigenvalue weighted by Gasteiger charge is -2.18. The molecule has 16 heteroatoms. The van der Waals surface area contributed by atoms with Crippen LogP contribution >= 0.6 is 63.7 Å². The van der Waals surface area contributed by atoms with Crippen molar-refractivity contribution >= 4 is 63.7 Å². The number of unbranched alkanes of at least 4 members (excludes halogenated alkanes) is 16. The molecule has 8 heterocycles. The van der Waals surface area contributed by atoms with Crippen molar-refractivity contribution in [2.75, 3.05) is 75.7 Å². The van der Waals surface area contributed by atoms with Gasteiger partial charge in [-0.3, -0.25) is 19.6 Å². The van der Waals surface area contributed by atoms with Crippen LogP contribution in [0.15, 0.2) is 122 Å². The Morgan fingerprint density at radius 3 is 0.620 bits per heavy atom. The number of halogens is 8. The Labute approximate surface area is 734 Å². The summed E-state index contributed by atoms with van der Waals surface area (Å²) in [6.07, 6.45) is 70.2. The molecule has 2 aromatic carbocycles. The minimum atomic E-state index is 0. The fourth-order valence-corrected chi connectivity index (χ4v) is 19.4. The maximum absolute atomic E-state index is 3.59. The molecule has 0 radical (unpaired) electrons. The van der Waals surface area contributed by atoms with Crippen LogP contribution < -0.4 is 86.2 Å². The predicted molar refractivity (Wildman–Crippen MR) is 453 cm³/mol. The summed E-state index contributed by atoms with van der Waals surface area (Å²) in [5, 5.41) is 4.55. The van der Waals surface area contributed by atoms with Gasteiger partial charge in [0.05, 0.1) is 0 Å². The van der Waals surface area contributed by atoms with E-state index in [4.69, 9.17) is 0 Å². The molecule has 4 unspecified atom stereocenters. The summed E-state index contributed by atoms with van der Waals surface area (Å²) in [5.41, 5.74) is 19.2. The largest absolute Gasteiger partial charge is 1.00 e. The van der Waals surface area contributed by atoms with E-state index in [1.54, 1.807) is 44.5 Å². The first kappa shape index (κ1) is 97.3. The normalized spacial score (nSPS) is 17.5. The van der Waals surface area contributed by atoms with E-state index in [2.05, 4.69) is 252 Å². The molecular formula is C92H140Br8N8. The van der Waals surface area contributed by atoms with Crippen molar-refractivity contribution in [1.29, 1.82) is 0 Å². The van der Waals surface area contributed by atoms with Crippen molar-refractivity contribution in [3.05, 3.63) is 189 Å². The van der Waals surface area contributed by atoms with Crippen LogP contribution in [0.2, 0.25) is 0 Å². The lowest BCUT2D eigenvalue weighted by molar-refractivity contribution is -0.698. The van der Waals surface area contributed by atoms with Crippen LogP contribution in [0.3, 0.4) is 0 Å². The highest BCUT2D eigenvalue weighted by molar-refractivity contribution is 9.09. The zero-order chi connectivity index (χ0) is 72.8. The van der Waals surface area contributed by atoms with E-state index < -0.39 is 0 Å². The molecule has 0 aliphatic carbocycles. The van der Waals surface area contributed by atoms with Gasteiger partial charge in [-0.15, -0.1) is 0 Å². The Bertz CT molecular complexity index is 2950. The topological polar surface area (TPSA) is 28.5 Å². The fourth-order valence-electron chi connectivity index (χ4n) is 17.8. The van der Waals surface area contributed by atoms with E-state index in [-0.39, 0.29) is 67.9 Å². The van der Waals surface area contributed by atoms with Gasteiger partial charge in [-0.1, -0.05) is 114 Å². The van der Waals surface area contributed by atoms with Crippen LogP contribution in [0.25, 0.3) is 0 Å². The monoisotopic (exact) mass is 1990 g/mol. The summed E-state index contributed by atoms with van der Waals surface area (Å²) in [6, 6.07) is 31.6. The molecule has 4 aliphatic rings. The Kier molecular flexibility index (Phi) is 51.3. The molecule has 4 aliphatic heterocycles. The van der Waals surface area contributed by atoms with Gasteiger partial charge in [0, 0.05) is 118 Å². The summed E-state index contributed by atoms with van der Waals surface area (Å²) < 4.78 is 9.87. The van der Waals surface area contributed by atoms with Crippen LogP contribution in [-0.4, -0.2) is 95.3 Å². The molecule has 108 heavy (non-hydrogen) atoms. The predicted octanol–water partition coefficient (Wildman–Crippen LogP) is 9.69. The van der Waals surface area contributed by atoms with Crippen LogP contribution in [0, 0.1) is 0 Å². The van der Waals surface area contributed by atoms with E-state index in [1.165, 1.54) is 305 Å². The van der Waals surface area contributed by atoms with Crippen molar-refractivity contribution in [2.24, 2.45) is 0 Å². The van der Waals surface area contributed by atoms with Gasteiger partial charge in [0.15, 0.2) is 49.6 Å². The summed E-state index contributed by atoms with van der Waals surface area (Å²) >= 11 is 14.3. The number of benzene rings is 2. The van der Waals surface area contributed by atoms with Crippen LogP contribution in [0.5, 0.6) is 0 Å². The maximum atomic E-state index is 3.59. The maximum Gasteiger partial charge on any atom is 0.173 e. The molecule has 4 fully saturated rings. The third kappa shape index (κ3) is 33.7. The SMILES string of the molecule is BrCCCCCc1cc(CCCCCBr)c(CCCCCBr)cc1CCCCCBr.CN1CCCC1c1ccc[n+](CCCCCc2cc(CCCCC[n+]3cccc(C4CCCN4C)c3)c(CCCCC[n+]3cccc(C4CCCN4C)c3)cc2CCCCC[n+]2cccc(C3CCCN3C)c2)c1.[Br-].[Br-].[Br-].[Br-]. The van der Waals surface area contributed by atoms with Crippen molar-refractivity contribution in [3.63, 3.8) is 0 Å². The highest BCUT2D eigenvalue weighted by Crippen LogP contribution is 2.34. The van der Waals surface area contributed by atoms with Gasteiger partial charge < -0.3 is 67.9 Å². The molecular weight excluding hydrogens is 1860 g/mol. The number of hydrogen-bond donors (Lipinski definition) is 0. The Morgan fingerprint density at radius 1 is 0.269 bits per heavy atom. The van der Waals surface area contributed by atoms with Crippen LogP contribution in [0.1, 0.15) is 296 Å². The van der Waals surface area contributed by atoms with E-state index >= 15 is 0 Å². The zero-order valence-corrected chi connectivity index (χ0v) is 79.9. The molecule has 604 valence electrons. The number of pyridine rings is 4. The number of alkyl halides is 4. The molecule has 10 rings (SSSR count). The third-order valence-corrected chi connectivity index (χ3v) is 26.2. The van der Waals surface area contributed by atoms with Crippen molar-refractivity contribution in [1.82, 2.24) is 19.6 Å². The minimum absolute atomic E-state index is 0. The third-order valence-electron chi connectivity index (χ3n) is 24.0. The molecule has 0 saturated carbocycles. The highest BCUT2D eigenvalue weighted by Gasteiger charge is 2.28. The smallest absolute Gasteiger partial charge is 0.173 e. The lowest BCUT2D eigenvalue weighted by Crippen LogP contribution is -3.00. The van der Waals surface area contributed by atoms with Crippen LogP contribution in [-0.2, 0) is 77.5 Å². The zero-order valence-electron chi connectivity index (χ0n) is 67.2. The molecule has 8 nitrogen and oxygen atoms in total. The standard InChI is InChI=1S/C66H98N8.C26H42Br4.4BrH/c1-67-37-21-33-63(67)59-29-17-45-71(51-59)41-13-5-9-25-55-49-57(27-11-7-15-43-73-47-19-31-61(53-73)65-35-23-39-69(65)3)58(28-12-8-16-44-74-48-20-32-62(54-74)66-36-24-40-70(66)4)50-56(55)26-10-6-14-42-72-46-18-30-60(52-72)64-34-22-38-68(64)2;27-17-9-1-5-13-23-21-25(15-7-3-11-19-29)26(16-8-4-12-20-30)22-24(23)14-6-2-10-18-28;;;;/h17-20,29-32,45-54,63-66H,5-16,21-28,33-44H2,1-4H3;21-22H,1-20H2;4*1H/q+4;;;;;/p-4. The van der Waals surface area contributed by atoms with Gasteiger partial charge in [0.2, 0.25) is 0 Å². The average Bonchev–Trinajstić information content (AvgIpc) is 1.84. The minimum Gasteiger partial charge on any atom is -1.00 e. The second-order valence-electron chi connectivity index (χ2n) is 32.1. The Morgan fingerprint density at radius 2 is 0.454 bits per heavy atom. The summed E-state index contributed by atoms with van der Waals surface area (Å²) in [4.78, 5) is 10.1. The van der Waals surface area contributed by atoms with Gasteiger partial charge in [0.25, 0.3) is 0 Å². The molecule has 4 saturated heterocycles. The Hall–Kier alpha value is -1.28. The van der Waals surface area contributed by atoms with Crippen molar-refractivity contribution in [3.8, 4) is 0 Å². The lowest BCUT2D eigenvalue weighted by atomic mass is 9.88. The first-order valence-electron chi connectivity index (χ1n) is 42.4. The molecule has 0 amide bonds. The summed E-state index contributed by atoms with van der Waals surface area (Å²) in [6.45, 7) is 9.33. The number of rotatable bonds is 48. The van der Waals surface area contributed by atoms with Gasteiger partial charge in [-0.2, -0.15) is 0 Å². The van der Waals surface area contributed by atoms with E-state index in [9.17, 15) is 0 Å². The van der Waals surface area contributed by atoms with Crippen LogP contribution in [0.4, 0.5) is 0 Å². The molecule has 0 bridgehead atoms. The van der Waals surface area contributed by atoms with E-state index in [0.717, 1.165) is 47.5 Å². The van der Waals surface area contributed by atoms with Gasteiger partial charge >= 0.3 is 0 Å². The van der Waals surface area contributed by atoms with Gasteiger partial charge in [0.1, 0.15) is 26.2 Å². The molecule has 4 atom stereocenters. The first-order chi connectivity index (χ1) is 51.1. The molecule has 6 aromatic rings. The molecule has 0 spiro atoms. The van der Waals surface area contributed by atoms with Gasteiger partial charge in [-0.05, 0) is 329 Å². The van der Waals surface area contributed by atoms with E-state index in [0.29, 0.717) is 24.2 Å². The van der Waals surface area contributed by atoms with Gasteiger partial charge in [-0.25, -0.2) is 18.3 Å². The average molecular weight is 2000 g/mol. The second kappa shape index (κ2) is 56.9. The molecule has 4 aromatic heterocycles.